The van der Waals surface area contributed by atoms with E-state index in [1.54, 1.807) is 0 Å². The van der Waals surface area contributed by atoms with E-state index < -0.39 is 0 Å². The second kappa shape index (κ2) is 7.31. The summed E-state index contributed by atoms with van der Waals surface area (Å²) < 4.78 is 2.20. The molecule has 0 N–H and O–H groups in total. The molecule has 0 atom stereocenters. The van der Waals surface area contributed by atoms with Crippen LogP contribution in [0.2, 0.25) is 0 Å². The minimum absolute atomic E-state index is 1.16. The summed E-state index contributed by atoms with van der Waals surface area (Å²) in [7, 11) is 2.11. The van der Waals surface area contributed by atoms with Gasteiger partial charge in [0.05, 0.1) is 0 Å². The van der Waals surface area contributed by atoms with E-state index in [1.807, 2.05) is 0 Å². The highest BCUT2D eigenvalue weighted by molar-refractivity contribution is 14.1. The van der Waals surface area contributed by atoms with Crippen LogP contribution < -0.4 is 0 Å². The molecule has 3 heteroatoms. The monoisotopic (exact) mass is 270 g/mol. The number of hydrogen-bond donors (Lipinski definition) is 0. The van der Waals surface area contributed by atoms with Gasteiger partial charge in [0.15, 0.2) is 0 Å². The average molecular weight is 270 g/mol. The van der Waals surface area contributed by atoms with Crippen LogP contribution in [0, 0.1) is 0 Å². The second-order valence-corrected chi connectivity index (χ2v) is 4.41. The number of nitrogens with zero attached hydrogens (tertiary/aromatic N) is 2. The van der Waals surface area contributed by atoms with Gasteiger partial charge < -0.3 is 4.90 Å². The Morgan fingerprint density at radius 2 is 1.73 bits per heavy atom. The van der Waals surface area contributed by atoms with Crippen molar-refractivity contribution in [1.29, 1.82) is 0 Å². The molecule has 0 aromatic rings. The van der Waals surface area contributed by atoms with Crippen LogP contribution >= 0.6 is 22.9 Å². The lowest BCUT2D eigenvalue weighted by molar-refractivity contribution is 0.278. The molecule has 0 aromatic carbocycles. The highest BCUT2D eigenvalue weighted by Gasteiger charge is 2.00. The molecule has 68 valence electrons. The van der Waals surface area contributed by atoms with Crippen LogP contribution in [-0.4, -0.2) is 41.2 Å². The fourth-order valence-electron chi connectivity index (χ4n) is 1.02. The molecule has 0 saturated carbocycles. The normalized spacial score (nSPS) is 11.5. The molecule has 0 saturated heterocycles. The molecule has 0 bridgehead atoms. The molecule has 0 amide bonds. The Morgan fingerprint density at radius 3 is 2.09 bits per heavy atom. The summed E-state index contributed by atoms with van der Waals surface area (Å²) in [6, 6.07) is 0. The van der Waals surface area contributed by atoms with E-state index >= 15 is 0 Å². The molecule has 0 aliphatic heterocycles. The van der Waals surface area contributed by atoms with Gasteiger partial charge in [0.2, 0.25) is 0 Å². The summed E-state index contributed by atoms with van der Waals surface area (Å²) in [5.41, 5.74) is 0. The van der Waals surface area contributed by atoms with Crippen molar-refractivity contribution >= 4 is 22.9 Å². The first kappa shape index (κ1) is 11.6. The lowest BCUT2D eigenvalue weighted by atomic mass is 10.4. The molecular weight excluding hydrogens is 251 g/mol. The lowest BCUT2D eigenvalue weighted by Gasteiger charge is -2.20. The van der Waals surface area contributed by atoms with E-state index in [0.717, 1.165) is 6.54 Å². The van der Waals surface area contributed by atoms with Gasteiger partial charge in [-0.25, -0.2) is 3.11 Å². The molecular formula is C8H19IN2. The van der Waals surface area contributed by atoms with Crippen molar-refractivity contribution in [1.82, 2.24) is 8.01 Å². The molecule has 0 aliphatic rings. The van der Waals surface area contributed by atoms with Gasteiger partial charge in [0.1, 0.15) is 0 Å². The third-order valence-corrected chi connectivity index (χ3v) is 2.19. The zero-order valence-electron chi connectivity index (χ0n) is 7.81. The van der Waals surface area contributed by atoms with Gasteiger partial charge in [-0.2, -0.15) is 0 Å². The van der Waals surface area contributed by atoms with Crippen LogP contribution in [0.15, 0.2) is 0 Å². The number of likely N-dealkylation sites (N-methyl/N-ethyl adjacent to an activating group) is 2. The van der Waals surface area contributed by atoms with Gasteiger partial charge >= 0.3 is 0 Å². The zero-order chi connectivity index (χ0) is 8.69. The minimum Gasteiger partial charge on any atom is -0.302 e. The zero-order valence-corrected chi connectivity index (χ0v) is 9.97. The van der Waals surface area contributed by atoms with Gasteiger partial charge in [-0.3, -0.25) is 0 Å². The van der Waals surface area contributed by atoms with E-state index in [9.17, 15) is 0 Å². The third-order valence-electron chi connectivity index (χ3n) is 1.71. The minimum atomic E-state index is 1.16. The van der Waals surface area contributed by atoms with Gasteiger partial charge in [-0.1, -0.05) is 13.8 Å². The number of rotatable bonds is 6. The summed E-state index contributed by atoms with van der Waals surface area (Å²) in [6.07, 6.45) is 1.26. The SMILES string of the molecule is CCCN(CC)CCN(C)I. The van der Waals surface area contributed by atoms with Gasteiger partial charge in [0, 0.05) is 36.0 Å². The predicted molar refractivity (Wildman–Crippen MR) is 59.1 cm³/mol. The highest BCUT2D eigenvalue weighted by Crippen LogP contribution is 1.95. The van der Waals surface area contributed by atoms with Gasteiger partial charge in [-0.15, -0.1) is 0 Å². The maximum absolute atomic E-state index is 2.48. The van der Waals surface area contributed by atoms with E-state index in [1.165, 1.54) is 26.1 Å². The van der Waals surface area contributed by atoms with Crippen molar-refractivity contribution in [2.24, 2.45) is 0 Å². The summed E-state index contributed by atoms with van der Waals surface area (Å²) in [5, 5.41) is 0. The fourth-order valence-corrected chi connectivity index (χ4v) is 1.24. The molecule has 11 heavy (non-hydrogen) atoms. The third kappa shape index (κ3) is 7.03. The maximum atomic E-state index is 2.48. The molecule has 0 rings (SSSR count). The highest BCUT2D eigenvalue weighted by atomic mass is 127. The second-order valence-electron chi connectivity index (χ2n) is 2.76. The van der Waals surface area contributed by atoms with Crippen LogP contribution in [0.5, 0.6) is 0 Å². The Kier molecular flexibility index (Phi) is 7.74. The van der Waals surface area contributed by atoms with Crippen LogP contribution in [0.3, 0.4) is 0 Å². The van der Waals surface area contributed by atoms with E-state index in [4.69, 9.17) is 0 Å². The van der Waals surface area contributed by atoms with Crippen molar-refractivity contribution in [3.63, 3.8) is 0 Å². The van der Waals surface area contributed by atoms with Crippen molar-refractivity contribution < 1.29 is 0 Å². The summed E-state index contributed by atoms with van der Waals surface area (Å²) in [5.74, 6) is 0. The van der Waals surface area contributed by atoms with Crippen molar-refractivity contribution in [2.45, 2.75) is 20.3 Å². The smallest absolute Gasteiger partial charge is 0.0206 e. The van der Waals surface area contributed by atoms with Gasteiger partial charge in [0.25, 0.3) is 0 Å². The van der Waals surface area contributed by atoms with E-state index in [0.29, 0.717) is 0 Å². The summed E-state index contributed by atoms with van der Waals surface area (Å²) in [6.45, 7) is 9.23. The molecule has 0 spiro atoms. The summed E-state index contributed by atoms with van der Waals surface area (Å²) in [4.78, 5) is 2.48. The maximum Gasteiger partial charge on any atom is 0.0206 e. The Morgan fingerprint density at radius 1 is 1.09 bits per heavy atom. The predicted octanol–water partition coefficient (Wildman–Crippen LogP) is 2.00. The molecule has 0 aliphatic carbocycles. The quantitative estimate of drug-likeness (QED) is 0.538. The largest absolute Gasteiger partial charge is 0.302 e. The molecule has 2 nitrogen and oxygen atoms in total. The van der Waals surface area contributed by atoms with Crippen molar-refractivity contribution in [3.05, 3.63) is 0 Å². The first-order chi connectivity index (χ1) is 5.20. The first-order valence-electron chi connectivity index (χ1n) is 4.30. The van der Waals surface area contributed by atoms with Crippen molar-refractivity contribution in [3.8, 4) is 0 Å². The lowest BCUT2D eigenvalue weighted by Crippen LogP contribution is -2.30. The number of halogens is 1. The first-order valence-corrected chi connectivity index (χ1v) is 5.26. The molecule has 0 heterocycles. The fraction of sp³-hybridized carbons (Fsp3) is 1.00. The standard InChI is InChI=1S/C8H19IN2/c1-4-6-11(5-2)8-7-10(3)9/h4-8H2,1-3H3. The molecule has 0 aromatic heterocycles. The molecule has 0 radical (unpaired) electrons. The Balaban J connectivity index is 3.35. The van der Waals surface area contributed by atoms with Crippen LogP contribution in [0.25, 0.3) is 0 Å². The van der Waals surface area contributed by atoms with E-state index in [-0.39, 0.29) is 0 Å². The number of hydrogen-bond acceptors (Lipinski definition) is 2. The van der Waals surface area contributed by atoms with Crippen LogP contribution in [-0.2, 0) is 0 Å². The average Bonchev–Trinajstić information content (AvgIpc) is 1.97. The van der Waals surface area contributed by atoms with Crippen molar-refractivity contribution in [2.75, 3.05) is 33.2 Å². The van der Waals surface area contributed by atoms with Crippen LogP contribution in [0.1, 0.15) is 20.3 Å². The van der Waals surface area contributed by atoms with E-state index in [2.05, 4.69) is 51.8 Å². The van der Waals surface area contributed by atoms with Gasteiger partial charge in [-0.05, 0) is 26.6 Å². The molecule has 0 fully saturated rings. The Labute approximate surface area is 84.4 Å². The topological polar surface area (TPSA) is 6.48 Å². The molecule has 0 unspecified atom stereocenters. The Hall–Kier alpha value is 0.650. The van der Waals surface area contributed by atoms with Crippen LogP contribution in [0.4, 0.5) is 0 Å². The summed E-state index contributed by atoms with van der Waals surface area (Å²) >= 11 is 2.33. The Bertz CT molecular complexity index is 86.2.